The molecule has 6 rings (SSSR count). The Bertz CT molecular complexity index is 1410. The minimum Gasteiger partial charge on any atom is -0.484 e. The van der Waals surface area contributed by atoms with E-state index < -0.39 is 37.0 Å². The molecule has 1 fully saturated rings. The summed E-state index contributed by atoms with van der Waals surface area (Å²) in [7, 11) is 0. The summed E-state index contributed by atoms with van der Waals surface area (Å²) in [6.45, 7) is -0.657. The van der Waals surface area contributed by atoms with Gasteiger partial charge < -0.3 is 30.3 Å². The average Bonchev–Trinajstić information content (AvgIpc) is 3.64. The zero-order chi connectivity index (χ0) is 26.1. The van der Waals surface area contributed by atoms with Crippen LogP contribution in [0, 0.1) is 0 Å². The van der Waals surface area contributed by atoms with Crippen molar-refractivity contribution in [3.05, 3.63) is 78.4 Å². The fourth-order valence-electron chi connectivity index (χ4n) is 5.18. The Kier molecular flexibility index (Phi) is 6.62. The predicted molar refractivity (Wildman–Crippen MR) is 137 cm³/mol. The number of hydrogen-bond acceptors (Lipinski definition) is 9. The Morgan fingerprint density at radius 2 is 1.79 bits per heavy atom. The predicted octanol–water partition coefficient (Wildman–Crippen LogP) is 1.22. The van der Waals surface area contributed by atoms with Gasteiger partial charge in [-0.1, -0.05) is 42.5 Å². The Morgan fingerprint density at radius 1 is 1.05 bits per heavy atom. The number of carbonyl (C=O) groups excluding carboxylic acids is 1. The van der Waals surface area contributed by atoms with Crippen molar-refractivity contribution in [2.24, 2.45) is 0 Å². The van der Waals surface area contributed by atoms with Crippen LogP contribution in [0.3, 0.4) is 0 Å². The van der Waals surface area contributed by atoms with Crippen LogP contribution >= 0.6 is 0 Å². The average molecular weight is 517 g/mol. The van der Waals surface area contributed by atoms with Crippen molar-refractivity contribution < 1.29 is 24.5 Å². The van der Waals surface area contributed by atoms with E-state index in [0.29, 0.717) is 22.7 Å². The third-order valence-electron chi connectivity index (χ3n) is 7.02. The number of benzene rings is 2. The van der Waals surface area contributed by atoms with Crippen molar-refractivity contribution in [1.82, 2.24) is 24.8 Å². The van der Waals surface area contributed by atoms with Crippen molar-refractivity contribution in [2.45, 2.75) is 43.4 Å². The molecule has 0 bridgehead atoms. The molecule has 1 amide bonds. The lowest BCUT2D eigenvalue weighted by molar-refractivity contribution is -0.125. The molecule has 2 aliphatic rings. The van der Waals surface area contributed by atoms with E-state index in [1.54, 1.807) is 23.0 Å². The molecule has 2 aromatic carbocycles. The molecule has 2 aromatic heterocycles. The van der Waals surface area contributed by atoms with Gasteiger partial charge >= 0.3 is 0 Å². The first-order valence-electron chi connectivity index (χ1n) is 12.5. The summed E-state index contributed by atoms with van der Waals surface area (Å²) in [6, 6.07) is 16.6. The SMILES string of the molecule is O=C(COc1ccccc1)N[C@@H]1[C@H](O)[C@@H](CO)O[C@H]1n1cnc2c(NC3Cc4ccccc4C3)ncnc21. The largest absolute Gasteiger partial charge is 0.484 e. The highest BCUT2D eigenvalue weighted by Crippen LogP contribution is 2.33. The van der Waals surface area contributed by atoms with E-state index >= 15 is 0 Å². The molecule has 1 aliphatic carbocycles. The fraction of sp³-hybridized carbons (Fsp3) is 0.333. The number of carbonyl (C=O) groups is 1. The molecule has 0 unspecified atom stereocenters. The van der Waals surface area contributed by atoms with Crippen LogP contribution < -0.4 is 15.4 Å². The summed E-state index contributed by atoms with van der Waals surface area (Å²) in [5, 5.41) is 26.9. The molecule has 11 nitrogen and oxygen atoms in total. The van der Waals surface area contributed by atoms with Gasteiger partial charge in [0, 0.05) is 6.04 Å². The lowest BCUT2D eigenvalue weighted by atomic mass is 10.1. The quantitative estimate of drug-likeness (QED) is 0.272. The number of ether oxygens (including phenoxy) is 2. The molecule has 4 aromatic rings. The van der Waals surface area contributed by atoms with Crippen molar-refractivity contribution in [1.29, 1.82) is 0 Å². The first-order chi connectivity index (χ1) is 18.6. The maximum Gasteiger partial charge on any atom is 0.258 e. The van der Waals surface area contributed by atoms with Gasteiger partial charge in [-0.25, -0.2) is 15.0 Å². The number of hydrogen-bond donors (Lipinski definition) is 4. The Labute approximate surface area is 218 Å². The molecule has 196 valence electrons. The van der Waals surface area contributed by atoms with E-state index in [2.05, 4.69) is 37.7 Å². The minimum atomic E-state index is -1.15. The van der Waals surface area contributed by atoms with Gasteiger partial charge in [0.1, 0.15) is 30.3 Å². The lowest BCUT2D eigenvalue weighted by Crippen LogP contribution is -2.48. The number of para-hydroxylation sites is 1. The van der Waals surface area contributed by atoms with Crippen LogP contribution in [0.1, 0.15) is 17.4 Å². The van der Waals surface area contributed by atoms with Gasteiger partial charge in [0.15, 0.2) is 29.8 Å². The molecule has 11 heteroatoms. The molecule has 0 saturated carbocycles. The number of amides is 1. The minimum absolute atomic E-state index is 0.177. The second-order valence-electron chi connectivity index (χ2n) is 9.50. The lowest BCUT2D eigenvalue weighted by Gasteiger charge is -2.23. The van der Waals surface area contributed by atoms with Crippen LogP contribution in [-0.2, 0) is 22.4 Å². The highest BCUT2D eigenvalue weighted by molar-refractivity contribution is 5.83. The number of fused-ring (bicyclic) bond motifs is 2. The van der Waals surface area contributed by atoms with Crippen LogP contribution in [-0.4, -0.2) is 73.1 Å². The van der Waals surface area contributed by atoms with E-state index in [4.69, 9.17) is 9.47 Å². The summed E-state index contributed by atoms with van der Waals surface area (Å²) in [6.07, 6.45) is 1.86. The summed E-state index contributed by atoms with van der Waals surface area (Å²) in [4.78, 5) is 26.1. The third kappa shape index (κ3) is 4.67. The number of anilines is 1. The van der Waals surface area contributed by atoms with Crippen LogP contribution in [0.5, 0.6) is 5.75 Å². The molecule has 38 heavy (non-hydrogen) atoms. The maximum atomic E-state index is 12.7. The van der Waals surface area contributed by atoms with E-state index in [0.717, 1.165) is 12.8 Å². The van der Waals surface area contributed by atoms with E-state index in [1.807, 2.05) is 30.3 Å². The highest BCUT2D eigenvalue weighted by Gasteiger charge is 2.46. The van der Waals surface area contributed by atoms with Crippen LogP contribution in [0.2, 0.25) is 0 Å². The first-order valence-corrected chi connectivity index (χ1v) is 12.5. The van der Waals surface area contributed by atoms with Crippen LogP contribution in [0.15, 0.2) is 67.3 Å². The number of aromatic nitrogens is 4. The van der Waals surface area contributed by atoms with Crippen LogP contribution in [0.25, 0.3) is 11.2 Å². The van der Waals surface area contributed by atoms with Gasteiger partial charge in [-0.15, -0.1) is 0 Å². The molecule has 0 radical (unpaired) electrons. The van der Waals surface area contributed by atoms with E-state index in [1.165, 1.54) is 17.5 Å². The second kappa shape index (κ2) is 10.4. The maximum absolute atomic E-state index is 12.7. The van der Waals surface area contributed by atoms with E-state index in [-0.39, 0.29) is 12.6 Å². The monoisotopic (exact) mass is 516 g/mol. The van der Waals surface area contributed by atoms with Gasteiger partial charge in [-0.3, -0.25) is 9.36 Å². The molecular weight excluding hydrogens is 488 g/mol. The highest BCUT2D eigenvalue weighted by atomic mass is 16.5. The number of imidazole rings is 1. The standard InChI is InChI=1S/C27H28N6O5/c34-12-20-24(36)22(32-21(35)13-37-19-8-2-1-3-9-19)27(38-20)33-15-30-23-25(28-14-29-26(23)33)31-18-10-16-6-4-5-7-17(16)11-18/h1-9,14-15,18,20,22,24,27,34,36H,10-13H2,(H,32,35)(H,28,29,31)/t20-,22-,24-,27-/m1/s1. The Balaban J connectivity index is 1.21. The van der Waals surface area contributed by atoms with Crippen molar-refractivity contribution in [2.75, 3.05) is 18.5 Å². The molecular formula is C27H28N6O5. The first kappa shape index (κ1) is 24.3. The topological polar surface area (TPSA) is 144 Å². The number of nitrogens with zero attached hydrogens (tertiary/aromatic N) is 4. The number of rotatable bonds is 8. The second-order valence-corrected chi connectivity index (χ2v) is 9.50. The normalized spacial score (nSPS) is 22.9. The smallest absolute Gasteiger partial charge is 0.258 e. The fourth-order valence-corrected chi connectivity index (χ4v) is 5.18. The number of aliphatic hydroxyl groups excluding tert-OH is 2. The van der Waals surface area contributed by atoms with Gasteiger partial charge in [0.05, 0.1) is 12.9 Å². The third-order valence-corrected chi connectivity index (χ3v) is 7.02. The van der Waals surface area contributed by atoms with Gasteiger partial charge in [-0.2, -0.15) is 0 Å². The zero-order valence-electron chi connectivity index (χ0n) is 20.5. The molecule has 1 aliphatic heterocycles. The number of aliphatic hydroxyl groups is 2. The Morgan fingerprint density at radius 3 is 2.53 bits per heavy atom. The molecule has 4 N–H and O–H groups in total. The summed E-state index contributed by atoms with van der Waals surface area (Å²) >= 11 is 0. The van der Waals surface area contributed by atoms with Crippen molar-refractivity contribution in [3.63, 3.8) is 0 Å². The van der Waals surface area contributed by atoms with Gasteiger partial charge in [0.25, 0.3) is 5.91 Å². The Hall–Kier alpha value is -4.06. The van der Waals surface area contributed by atoms with Gasteiger partial charge in [-0.05, 0) is 36.1 Å². The molecule has 1 saturated heterocycles. The van der Waals surface area contributed by atoms with E-state index in [9.17, 15) is 15.0 Å². The van der Waals surface area contributed by atoms with Crippen molar-refractivity contribution >= 4 is 22.9 Å². The van der Waals surface area contributed by atoms with Crippen LogP contribution in [0.4, 0.5) is 5.82 Å². The molecule has 3 heterocycles. The molecule has 0 spiro atoms. The zero-order valence-corrected chi connectivity index (χ0v) is 20.5. The summed E-state index contributed by atoms with van der Waals surface area (Å²) in [5.74, 6) is 0.714. The summed E-state index contributed by atoms with van der Waals surface area (Å²) < 4.78 is 13.1. The van der Waals surface area contributed by atoms with Gasteiger partial charge in [0.2, 0.25) is 0 Å². The molecule has 4 atom stereocenters. The number of nitrogens with one attached hydrogen (secondary N) is 2. The van der Waals surface area contributed by atoms with Crippen molar-refractivity contribution in [3.8, 4) is 5.75 Å². The summed E-state index contributed by atoms with van der Waals surface area (Å²) in [5.41, 5.74) is 3.66.